The van der Waals surface area contributed by atoms with Crippen LogP contribution in [0.15, 0.2) is 30.3 Å². The van der Waals surface area contributed by atoms with Gasteiger partial charge in [-0.05, 0) is 49.1 Å². The van der Waals surface area contributed by atoms with Gasteiger partial charge in [-0.1, -0.05) is 74.4 Å². The van der Waals surface area contributed by atoms with Crippen LogP contribution >= 0.6 is 23.2 Å². The zero-order valence-corrected chi connectivity index (χ0v) is 18.6. The minimum Gasteiger partial charge on any atom is -0.504 e. The highest BCUT2D eigenvalue weighted by atomic mass is 35.5. The molecule has 0 saturated carbocycles. The molecule has 0 bridgehead atoms. The van der Waals surface area contributed by atoms with Gasteiger partial charge in [-0.3, -0.25) is 4.79 Å². The van der Waals surface area contributed by atoms with Gasteiger partial charge in [0.2, 0.25) is 0 Å². The second-order valence-electron chi connectivity index (χ2n) is 7.19. The number of hydrogen-bond donors (Lipinski definition) is 2. The summed E-state index contributed by atoms with van der Waals surface area (Å²) in [5.41, 5.74) is 1.99. The summed E-state index contributed by atoms with van der Waals surface area (Å²) in [6.07, 6.45) is 8.73. The number of phenols is 1. The van der Waals surface area contributed by atoms with Crippen LogP contribution in [0.1, 0.15) is 56.6 Å². The summed E-state index contributed by atoms with van der Waals surface area (Å²) in [7, 11) is 0. The lowest BCUT2D eigenvalue weighted by molar-refractivity contribution is -0.118. The van der Waals surface area contributed by atoms with E-state index in [2.05, 4.69) is 12.2 Å². The van der Waals surface area contributed by atoms with Gasteiger partial charge in [0.15, 0.2) is 12.4 Å². The number of aromatic hydroxyl groups is 1. The molecular weight excluding hydrogens is 409 g/mol. The number of aryl methyl sites for hydroxylation is 1. The second-order valence-corrected chi connectivity index (χ2v) is 7.98. The second kappa shape index (κ2) is 11.9. The Hall–Kier alpha value is -1.91. The van der Waals surface area contributed by atoms with E-state index < -0.39 is 5.91 Å². The largest absolute Gasteiger partial charge is 0.504 e. The maximum Gasteiger partial charge on any atom is 0.262 e. The fraction of sp³-hybridized carbons (Fsp3) is 0.435. The molecule has 0 spiro atoms. The molecule has 0 atom stereocenters. The molecule has 0 heterocycles. The van der Waals surface area contributed by atoms with Crippen molar-refractivity contribution in [2.24, 2.45) is 0 Å². The number of phenolic OH excluding ortho intramolecular Hbond substituents is 1. The molecule has 0 saturated heterocycles. The SMILES string of the molecule is CCCCCCCCc1ccc(OCC(=O)Nc2cc(Cl)c(C)c(Cl)c2O)cc1. The lowest BCUT2D eigenvalue weighted by Gasteiger charge is -2.12. The van der Waals surface area contributed by atoms with Crippen molar-refractivity contribution in [1.82, 2.24) is 0 Å². The first-order valence-corrected chi connectivity index (χ1v) is 10.9. The third-order valence-electron chi connectivity index (χ3n) is 4.81. The number of unbranched alkanes of at least 4 members (excludes halogenated alkanes) is 5. The summed E-state index contributed by atoms with van der Waals surface area (Å²) in [5.74, 6) is 0.00412. The van der Waals surface area contributed by atoms with Crippen molar-refractivity contribution in [1.29, 1.82) is 0 Å². The highest BCUT2D eigenvalue weighted by Gasteiger charge is 2.14. The van der Waals surface area contributed by atoms with Gasteiger partial charge < -0.3 is 15.2 Å². The molecule has 2 aromatic carbocycles. The number of rotatable bonds is 11. The number of hydrogen-bond acceptors (Lipinski definition) is 3. The van der Waals surface area contributed by atoms with E-state index in [0.29, 0.717) is 16.3 Å². The molecule has 2 N–H and O–H groups in total. The van der Waals surface area contributed by atoms with E-state index in [1.54, 1.807) is 6.92 Å². The van der Waals surface area contributed by atoms with Gasteiger partial charge >= 0.3 is 0 Å². The van der Waals surface area contributed by atoms with Crippen molar-refractivity contribution in [2.75, 3.05) is 11.9 Å². The van der Waals surface area contributed by atoms with Crippen molar-refractivity contribution in [3.05, 3.63) is 51.5 Å². The predicted octanol–water partition coefficient (Wildman–Crippen LogP) is 6.93. The summed E-state index contributed by atoms with van der Waals surface area (Å²) in [6, 6.07) is 9.27. The lowest BCUT2D eigenvalue weighted by atomic mass is 10.0. The summed E-state index contributed by atoms with van der Waals surface area (Å²) >= 11 is 12.1. The van der Waals surface area contributed by atoms with Crippen LogP contribution in [0.2, 0.25) is 10.0 Å². The molecule has 2 aromatic rings. The van der Waals surface area contributed by atoms with Crippen molar-refractivity contribution in [3.63, 3.8) is 0 Å². The molecule has 158 valence electrons. The highest BCUT2D eigenvalue weighted by molar-refractivity contribution is 6.37. The van der Waals surface area contributed by atoms with E-state index >= 15 is 0 Å². The smallest absolute Gasteiger partial charge is 0.262 e. The van der Waals surface area contributed by atoms with Gasteiger partial charge in [0.05, 0.1) is 10.7 Å². The predicted molar refractivity (Wildman–Crippen MR) is 121 cm³/mol. The maximum absolute atomic E-state index is 12.1. The van der Waals surface area contributed by atoms with Gasteiger partial charge in [-0.15, -0.1) is 0 Å². The molecular formula is C23H29Cl2NO3. The topological polar surface area (TPSA) is 58.6 Å². The van der Waals surface area contributed by atoms with E-state index in [0.717, 1.165) is 6.42 Å². The Bertz CT molecular complexity index is 807. The molecule has 29 heavy (non-hydrogen) atoms. The quantitative estimate of drug-likeness (QED) is 0.296. The summed E-state index contributed by atoms with van der Waals surface area (Å²) in [4.78, 5) is 12.1. The molecule has 0 aliphatic carbocycles. The Balaban J connectivity index is 1.78. The molecule has 0 aliphatic heterocycles. The number of halogens is 2. The Labute approximate surface area is 183 Å². The van der Waals surface area contributed by atoms with Crippen molar-refractivity contribution >= 4 is 34.8 Å². The third kappa shape index (κ3) is 7.45. The van der Waals surface area contributed by atoms with Gasteiger partial charge in [-0.25, -0.2) is 0 Å². The minimum absolute atomic E-state index is 0.120. The summed E-state index contributed by atoms with van der Waals surface area (Å²) < 4.78 is 5.53. The summed E-state index contributed by atoms with van der Waals surface area (Å²) in [6.45, 7) is 3.74. The first kappa shape index (κ1) is 23.4. The number of nitrogens with one attached hydrogen (secondary N) is 1. The van der Waals surface area contributed by atoms with Crippen LogP contribution < -0.4 is 10.1 Å². The molecule has 0 aliphatic rings. The zero-order chi connectivity index (χ0) is 21.2. The van der Waals surface area contributed by atoms with Gasteiger partial charge in [0.1, 0.15) is 5.75 Å². The molecule has 0 unspecified atom stereocenters. The Morgan fingerprint density at radius 1 is 1.07 bits per heavy atom. The van der Waals surface area contributed by atoms with E-state index in [9.17, 15) is 9.90 Å². The third-order valence-corrected chi connectivity index (χ3v) is 5.66. The van der Waals surface area contributed by atoms with Crippen LogP contribution in [0.5, 0.6) is 11.5 Å². The highest BCUT2D eigenvalue weighted by Crippen LogP contribution is 2.38. The fourth-order valence-electron chi connectivity index (χ4n) is 3.00. The van der Waals surface area contributed by atoms with Crippen LogP contribution in [0.4, 0.5) is 5.69 Å². The van der Waals surface area contributed by atoms with Crippen molar-refractivity contribution in [3.8, 4) is 11.5 Å². The Morgan fingerprint density at radius 3 is 2.41 bits per heavy atom. The number of benzene rings is 2. The van der Waals surface area contributed by atoms with E-state index in [1.807, 2.05) is 24.3 Å². The molecule has 2 rings (SSSR count). The normalized spacial score (nSPS) is 10.8. The Morgan fingerprint density at radius 2 is 1.72 bits per heavy atom. The van der Waals surface area contributed by atoms with Crippen LogP contribution in [0.3, 0.4) is 0 Å². The number of ether oxygens (including phenoxy) is 1. The average molecular weight is 438 g/mol. The van der Waals surface area contributed by atoms with Crippen LogP contribution in [-0.4, -0.2) is 17.6 Å². The number of anilines is 1. The average Bonchev–Trinajstić information content (AvgIpc) is 2.72. The van der Waals surface area contributed by atoms with E-state index in [4.69, 9.17) is 27.9 Å². The van der Waals surface area contributed by atoms with Gasteiger partial charge in [0, 0.05) is 5.02 Å². The molecule has 4 nitrogen and oxygen atoms in total. The van der Waals surface area contributed by atoms with Gasteiger partial charge in [0.25, 0.3) is 5.91 Å². The number of carbonyl (C=O) groups is 1. The van der Waals surface area contributed by atoms with E-state index in [-0.39, 0.29) is 23.1 Å². The maximum atomic E-state index is 12.1. The number of amides is 1. The summed E-state index contributed by atoms with van der Waals surface area (Å²) in [5, 5.41) is 13.1. The van der Waals surface area contributed by atoms with Crippen LogP contribution in [-0.2, 0) is 11.2 Å². The molecule has 6 heteroatoms. The van der Waals surface area contributed by atoms with Gasteiger partial charge in [-0.2, -0.15) is 0 Å². The van der Waals surface area contributed by atoms with Crippen molar-refractivity contribution < 1.29 is 14.6 Å². The molecule has 0 radical (unpaired) electrons. The standard InChI is InChI=1S/C23H29Cl2NO3/c1-3-4-5-6-7-8-9-17-10-12-18(13-11-17)29-15-21(27)26-20-14-19(24)16(2)22(25)23(20)28/h10-14,28H,3-9,15H2,1-2H3,(H,26,27). The van der Waals surface area contributed by atoms with Crippen LogP contribution in [0.25, 0.3) is 0 Å². The molecule has 1 amide bonds. The minimum atomic E-state index is -0.410. The fourth-order valence-corrected chi connectivity index (χ4v) is 3.45. The monoisotopic (exact) mass is 437 g/mol. The van der Waals surface area contributed by atoms with E-state index in [1.165, 1.54) is 50.2 Å². The molecule has 0 aromatic heterocycles. The Kier molecular flexibility index (Phi) is 9.62. The molecule has 0 fully saturated rings. The number of carbonyl (C=O) groups excluding carboxylic acids is 1. The zero-order valence-electron chi connectivity index (χ0n) is 17.1. The first-order chi connectivity index (χ1) is 13.9. The lowest BCUT2D eigenvalue weighted by Crippen LogP contribution is -2.20. The first-order valence-electron chi connectivity index (χ1n) is 10.1. The van der Waals surface area contributed by atoms with Crippen LogP contribution in [0, 0.1) is 6.92 Å². The van der Waals surface area contributed by atoms with Crippen molar-refractivity contribution in [2.45, 2.75) is 58.8 Å².